The van der Waals surface area contributed by atoms with Crippen molar-refractivity contribution in [3.05, 3.63) is 12.2 Å². The highest BCUT2D eigenvalue weighted by Gasteiger charge is 1.87. The van der Waals surface area contributed by atoms with Crippen LogP contribution in [0.15, 0.2) is 12.2 Å². The molecule has 0 unspecified atom stereocenters. The summed E-state index contributed by atoms with van der Waals surface area (Å²) in [7, 11) is 1.26. The first-order chi connectivity index (χ1) is 4.31. The number of halogens is 1. The molecule has 0 aromatic carbocycles. The van der Waals surface area contributed by atoms with Gasteiger partial charge < -0.3 is 4.74 Å². The Balaban J connectivity index is 3.32. The first-order valence-corrected chi connectivity index (χ1v) is 2.39. The van der Waals surface area contributed by atoms with Gasteiger partial charge in [-0.3, -0.25) is 0 Å². The molecule has 0 bridgehead atoms. The molecule has 0 rings (SSSR count). The highest BCUT2D eigenvalue weighted by atomic mass is 19.2. The number of hydrogen-bond acceptors (Lipinski definition) is 3. The number of esters is 1. The van der Waals surface area contributed by atoms with Crippen LogP contribution in [-0.2, 0) is 9.53 Å². The summed E-state index contributed by atoms with van der Waals surface area (Å²) < 4.78 is 15.3. The molecule has 0 saturated heterocycles. The average Bonchev–Trinajstić information content (AvgIpc) is 1.89. The summed E-state index contributed by atoms with van der Waals surface area (Å²) >= 11 is 0. The van der Waals surface area contributed by atoms with Crippen LogP contribution in [0.4, 0.5) is 4.48 Å². The van der Waals surface area contributed by atoms with Crippen LogP contribution in [0, 0.1) is 0 Å². The van der Waals surface area contributed by atoms with Gasteiger partial charge in [-0.25, -0.2) is 4.79 Å². The van der Waals surface area contributed by atoms with Crippen LogP contribution < -0.4 is 5.54 Å². The van der Waals surface area contributed by atoms with Gasteiger partial charge in [0, 0.05) is 12.6 Å². The lowest BCUT2D eigenvalue weighted by atomic mass is 10.5. The predicted octanol–water partition coefficient (Wildman–Crippen LogP) is 0.190. The molecular weight excluding hydrogens is 125 g/mol. The largest absolute Gasteiger partial charge is 0.466 e. The van der Waals surface area contributed by atoms with E-state index in [9.17, 15) is 9.28 Å². The van der Waals surface area contributed by atoms with Gasteiger partial charge in [-0.05, 0) is 0 Å². The molecule has 0 atom stereocenters. The lowest BCUT2D eigenvalue weighted by molar-refractivity contribution is -0.134. The molecule has 0 aromatic rings. The molecule has 4 heteroatoms. The summed E-state index contributed by atoms with van der Waals surface area (Å²) in [6.07, 6.45) is 2.47. The van der Waals surface area contributed by atoms with Crippen molar-refractivity contribution in [1.29, 1.82) is 0 Å². The van der Waals surface area contributed by atoms with Gasteiger partial charge in [0.2, 0.25) is 0 Å². The standard InChI is InChI=1S/C5H8FNO2/c1-9-5(8)3-2-4-7-6/h2-3,7H,4H2,1H3/b3-2+. The van der Waals surface area contributed by atoms with Gasteiger partial charge in [0.25, 0.3) is 0 Å². The van der Waals surface area contributed by atoms with Crippen LogP contribution >= 0.6 is 0 Å². The van der Waals surface area contributed by atoms with Crippen molar-refractivity contribution in [2.75, 3.05) is 13.7 Å². The quantitative estimate of drug-likeness (QED) is 0.339. The molecule has 0 heterocycles. The maximum absolute atomic E-state index is 11.1. The SMILES string of the molecule is COC(=O)/C=C/CNF. The smallest absolute Gasteiger partial charge is 0.330 e. The molecule has 3 nitrogen and oxygen atoms in total. The van der Waals surface area contributed by atoms with Crippen LogP contribution in [-0.4, -0.2) is 19.6 Å². The van der Waals surface area contributed by atoms with E-state index in [-0.39, 0.29) is 6.54 Å². The molecule has 0 aromatic heterocycles. The van der Waals surface area contributed by atoms with Gasteiger partial charge in [0.05, 0.1) is 7.11 Å². The summed E-state index contributed by atoms with van der Waals surface area (Å²) in [6.45, 7) is 0.0229. The molecule has 0 amide bonds. The number of methoxy groups -OCH3 is 1. The fourth-order valence-electron chi connectivity index (χ4n) is 0.268. The van der Waals surface area contributed by atoms with E-state index in [4.69, 9.17) is 0 Å². The molecule has 0 radical (unpaired) electrons. The second kappa shape index (κ2) is 5.24. The molecule has 0 saturated carbocycles. The molecule has 0 aliphatic heterocycles. The maximum atomic E-state index is 11.1. The van der Waals surface area contributed by atoms with Crippen molar-refractivity contribution in [1.82, 2.24) is 5.54 Å². The number of ether oxygens (including phenoxy) is 1. The zero-order chi connectivity index (χ0) is 7.11. The molecule has 1 N–H and O–H groups in total. The Bertz CT molecular complexity index is 114. The molecule has 0 fully saturated rings. The van der Waals surface area contributed by atoms with E-state index in [1.807, 2.05) is 0 Å². The fourth-order valence-corrected chi connectivity index (χ4v) is 0.268. The Labute approximate surface area is 52.4 Å². The topological polar surface area (TPSA) is 38.3 Å². The lowest BCUT2D eigenvalue weighted by Crippen LogP contribution is -2.00. The van der Waals surface area contributed by atoms with Gasteiger partial charge in [0.1, 0.15) is 0 Å². The van der Waals surface area contributed by atoms with Crippen LogP contribution in [0.1, 0.15) is 0 Å². The molecule has 0 aliphatic carbocycles. The van der Waals surface area contributed by atoms with Gasteiger partial charge in [-0.2, -0.15) is 5.54 Å². The van der Waals surface area contributed by atoms with Crippen molar-refractivity contribution in [2.24, 2.45) is 0 Å². The first kappa shape index (κ1) is 8.10. The van der Waals surface area contributed by atoms with Crippen molar-refractivity contribution in [3.8, 4) is 0 Å². The molecular formula is C5H8FNO2. The van der Waals surface area contributed by atoms with E-state index >= 15 is 0 Å². The van der Waals surface area contributed by atoms with E-state index in [1.165, 1.54) is 18.7 Å². The minimum Gasteiger partial charge on any atom is -0.466 e. The normalized spacial score (nSPS) is 10.0. The Morgan fingerprint density at radius 2 is 2.56 bits per heavy atom. The van der Waals surface area contributed by atoms with Crippen molar-refractivity contribution in [2.45, 2.75) is 0 Å². The third-order valence-corrected chi connectivity index (χ3v) is 0.650. The predicted molar refractivity (Wildman–Crippen MR) is 30.3 cm³/mol. The molecule has 52 valence electrons. The van der Waals surface area contributed by atoms with Gasteiger partial charge >= 0.3 is 5.97 Å². The summed E-state index contributed by atoms with van der Waals surface area (Å²) in [4.78, 5) is 10.2. The van der Waals surface area contributed by atoms with Gasteiger partial charge in [-0.15, -0.1) is 4.48 Å². The second-order valence-corrected chi connectivity index (χ2v) is 1.26. The van der Waals surface area contributed by atoms with Crippen molar-refractivity contribution >= 4 is 5.97 Å². The van der Waals surface area contributed by atoms with Crippen LogP contribution in [0.5, 0.6) is 0 Å². The van der Waals surface area contributed by atoms with Gasteiger partial charge in [0.15, 0.2) is 0 Å². The number of hydrogen-bond donors (Lipinski definition) is 1. The second-order valence-electron chi connectivity index (χ2n) is 1.26. The van der Waals surface area contributed by atoms with E-state index in [1.54, 1.807) is 0 Å². The highest BCUT2D eigenvalue weighted by Crippen LogP contribution is 1.75. The Hall–Kier alpha value is -0.900. The minimum atomic E-state index is -0.481. The molecule has 0 spiro atoms. The molecule has 9 heavy (non-hydrogen) atoms. The first-order valence-electron chi connectivity index (χ1n) is 2.39. The van der Waals surface area contributed by atoms with E-state index in [0.717, 1.165) is 6.08 Å². The van der Waals surface area contributed by atoms with Crippen LogP contribution in [0.3, 0.4) is 0 Å². The van der Waals surface area contributed by atoms with Crippen molar-refractivity contribution < 1.29 is 14.0 Å². The number of carbonyl (C=O) groups is 1. The van der Waals surface area contributed by atoms with E-state index in [0.29, 0.717) is 0 Å². The van der Waals surface area contributed by atoms with E-state index < -0.39 is 5.97 Å². The Morgan fingerprint density at radius 3 is 3.00 bits per heavy atom. The van der Waals surface area contributed by atoms with E-state index in [2.05, 4.69) is 4.74 Å². The van der Waals surface area contributed by atoms with Crippen LogP contribution in [0.2, 0.25) is 0 Å². The maximum Gasteiger partial charge on any atom is 0.330 e. The lowest BCUT2D eigenvalue weighted by Gasteiger charge is -1.87. The number of carbonyl (C=O) groups excluding carboxylic acids is 1. The third-order valence-electron chi connectivity index (χ3n) is 0.650. The minimum absolute atomic E-state index is 0.0229. The average molecular weight is 133 g/mol. The Kier molecular flexibility index (Phi) is 4.72. The zero-order valence-corrected chi connectivity index (χ0v) is 5.06. The summed E-state index contributed by atoms with van der Waals surface area (Å²) in [5, 5.41) is 0. The Morgan fingerprint density at radius 1 is 1.89 bits per heavy atom. The third kappa shape index (κ3) is 4.96. The van der Waals surface area contributed by atoms with Gasteiger partial charge in [-0.1, -0.05) is 6.08 Å². The van der Waals surface area contributed by atoms with Crippen LogP contribution in [0.25, 0.3) is 0 Å². The highest BCUT2D eigenvalue weighted by molar-refractivity contribution is 5.81. The molecule has 0 aliphatic rings. The summed E-state index contributed by atoms with van der Waals surface area (Å²) in [5.41, 5.74) is 1.35. The summed E-state index contributed by atoms with van der Waals surface area (Å²) in [6, 6.07) is 0. The summed E-state index contributed by atoms with van der Waals surface area (Å²) in [5.74, 6) is -0.481. The number of nitrogens with one attached hydrogen (secondary N) is 1. The van der Waals surface area contributed by atoms with Crippen molar-refractivity contribution in [3.63, 3.8) is 0 Å². The fraction of sp³-hybridized carbons (Fsp3) is 0.400. The monoisotopic (exact) mass is 133 g/mol. The zero-order valence-electron chi connectivity index (χ0n) is 5.06. The number of rotatable bonds is 3.